The van der Waals surface area contributed by atoms with Gasteiger partial charge >= 0.3 is 0 Å². The largest absolute Gasteiger partial charge is 0.374 e. The van der Waals surface area contributed by atoms with Gasteiger partial charge in [0.2, 0.25) is 5.91 Å². The van der Waals surface area contributed by atoms with Crippen LogP contribution < -0.4 is 10.6 Å². The summed E-state index contributed by atoms with van der Waals surface area (Å²) in [5.41, 5.74) is 4.89. The minimum Gasteiger partial charge on any atom is -0.374 e. The Labute approximate surface area is 223 Å². The fourth-order valence-electron chi connectivity index (χ4n) is 3.83. The first-order valence-electron chi connectivity index (χ1n) is 12.7. The number of benzene rings is 1. The molecule has 0 bridgehead atoms. The predicted molar refractivity (Wildman–Crippen MR) is 151 cm³/mol. The van der Waals surface area contributed by atoms with Crippen molar-refractivity contribution in [1.82, 2.24) is 30.3 Å². The highest BCUT2D eigenvalue weighted by molar-refractivity contribution is 6.06. The highest BCUT2D eigenvalue weighted by atomic mass is 16.2. The van der Waals surface area contributed by atoms with Crippen molar-refractivity contribution in [2.75, 3.05) is 39.5 Å². The van der Waals surface area contributed by atoms with Crippen LogP contribution in [-0.4, -0.2) is 71.0 Å². The summed E-state index contributed by atoms with van der Waals surface area (Å²) in [5.74, 6) is -0.173. The summed E-state index contributed by atoms with van der Waals surface area (Å²) in [7, 11) is 6.06. The molecule has 1 aliphatic rings. The van der Waals surface area contributed by atoms with Crippen molar-refractivity contribution in [3.8, 4) is 11.1 Å². The first-order valence-corrected chi connectivity index (χ1v) is 12.7. The number of hydrogen-bond acceptors (Lipinski definition) is 6. The molecule has 1 saturated carbocycles. The number of rotatable bonds is 11. The average Bonchev–Trinajstić information content (AvgIpc) is 3.68. The number of fused-ring (bicyclic) bond motifs is 1. The first-order chi connectivity index (χ1) is 18.2. The number of carbonyl (C=O) groups is 2. The van der Waals surface area contributed by atoms with Crippen molar-refractivity contribution in [1.29, 1.82) is 0 Å². The maximum atomic E-state index is 13.2. The summed E-state index contributed by atoms with van der Waals surface area (Å²) < 4.78 is 0. The number of pyridine rings is 1. The predicted octanol–water partition coefficient (Wildman–Crippen LogP) is 4.17. The van der Waals surface area contributed by atoms with Crippen LogP contribution in [0.25, 0.3) is 22.0 Å². The number of aromatic amines is 1. The number of anilines is 1. The number of hydrogen-bond donors (Lipinski definition) is 3. The SMILES string of the molecule is C=C(/C=C\C(=C/C)NC(=O)c1n[nH]c2ccc(-c3cncc(NC(=O)C4CC4)c3)cc12)N(C)CCN(C)C. The monoisotopic (exact) mass is 513 g/mol. The number of aromatic nitrogens is 3. The molecule has 0 radical (unpaired) electrons. The molecular formula is C29H35N7O2. The molecule has 9 nitrogen and oxygen atoms in total. The van der Waals surface area contributed by atoms with Gasteiger partial charge in [-0.2, -0.15) is 5.10 Å². The molecule has 0 atom stereocenters. The van der Waals surface area contributed by atoms with Crippen LogP contribution in [0.1, 0.15) is 30.3 Å². The molecule has 2 aromatic heterocycles. The number of likely N-dealkylation sites (N-methyl/N-ethyl adjacent to an activating group) is 2. The van der Waals surface area contributed by atoms with Gasteiger partial charge in [0.25, 0.3) is 5.91 Å². The van der Waals surface area contributed by atoms with E-state index in [1.54, 1.807) is 12.4 Å². The topological polar surface area (TPSA) is 106 Å². The third-order valence-electron chi connectivity index (χ3n) is 6.46. The maximum absolute atomic E-state index is 13.2. The van der Waals surface area contributed by atoms with E-state index >= 15 is 0 Å². The Kier molecular flexibility index (Phi) is 8.38. The van der Waals surface area contributed by atoms with E-state index in [4.69, 9.17) is 0 Å². The van der Waals surface area contributed by atoms with Crippen molar-refractivity contribution in [3.05, 3.63) is 78.6 Å². The van der Waals surface area contributed by atoms with E-state index in [9.17, 15) is 9.59 Å². The highest BCUT2D eigenvalue weighted by Crippen LogP contribution is 2.31. The summed E-state index contributed by atoms with van der Waals surface area (Å²) in [6.07, 6.45) is 10.8. The normalized spacial score (nSPS) is 13.8. The van der Waals surface area contributed by atoms with Gasteiger partial charge in [-0.3, -0.25) is 19.7 Å². The second-order valence-electron chi connectivity index (χ2n) is 9.81. The van der Waals surface area contributed by atoms with E-state index in [2.05, 4.69) is 42.2 Å². The second kappa shape index (κ2) is 11.9. The maximum Gasteiger partial charge on any atom is 0.276 e. The van der Waals surface area contributed by atoms with Crippen LogP contribution in [0, 0.1) is 5.92 Å². The first kappa shape index (κ1) is 26.8. The van der Waals surface area contributed by atoms with Gasteiger partial charge in [0.05, 0.1) is 17.4 Å². The lowest BCUT2D eigenvalue weighted by atomic mass is 10.0. The van der Waals surface area contributed by atoms with Gasteiger partial charge in [-0.05, 0) is 69.8 Å². The number of nitrogens with one attached hydrogen (secondary N) is 3. The molecule has 0 saturated heterocycles. The zero-order valence-corrected chi connectivity index (χ0v) is 22.4. The summed E-state index contributed by atoms with van der Waals surface area (Å²) in [6, 6.07) is 7.61. The number of nitrogens with zero attached hydrogens (tertiary/aromatic N) is 4. The Morgan fingerprint density at radius 3 is 2.61 bits per heavy atom. The van der Waals surface area contributed by atoms with Gasteiger partial charge in [0.15, 0.2) is 5.69 Å². The van der Waals surface area contributed by atoms with Gasteiger partial charge in [0.1, 0.15) is 0 Å². The molecular weight excluding hydrogens is 478 g/mol. The van der Waals surface area contributed by atoms with Crippen LogP contribution in [0.5, 0.6) is 0 Å². The molecule has 1 aliphatic carbocycles. The van der Waals surface area contributed by atoms with Gasteiger partial charge in [-0.15, -0.1) is 0 Å². The Morgan fingerprint density at radius 2 is 1.89 bits per heavy atom. The second-order valence-corrected chi connectivity index (χ2v) is 9.81. The van der Waals surface area contributed by atoms with Crippen molar-refractivity contribution in [2.45, 2.75) is 19.8 Å². The lowest BCUT2D eigenvalue weighted by molar-refractivity contribution is -0.117. The quantitative estimate of drug-likeness (QED) is 0.332. The fourth-order valence-corrected chi connectivity index (χ4v) is 3.83. The van der Waals surface area contributed by atoms with Crippen LogP contribution in [0.2, 0.25) is 0 Å². The van der Waals surface area contributed by atoms with Crippen molar-refractivity contribution >= 4 is 28.4 Å². The summed E-state index contributed by atoms with van der Waals surface area (Å²) in [5, 5.41) is 13.8. The molecule has 4 rings (SSSR count). The zero-order valence-electron chi connectivity index (χ0n) is 22.4. The van der Waals surface area contributed by atoms with E-state index in [0.717, 1.165) is 48.3 Å². The van der Waals surface area contributed by atoms with Crippen LogP contribution in [0.3, 0.4) is 0 Å². The van der Waals surface area contributed by atoms with E-state index in [0.29, 0.717) is 22.5 Å². The molecule has 38 heavy (non-hydrogen) atoms. The highest BCUT2D eigenvalue weighted by Gasteiger charge is 2.29. The molecule has 9 heteroatoms. The van der Waals surface area contributed by atoms with Gasteiger partial charge < -0.3 is 20.4 Å². The van der Waals surface area contributed by atoms with E-state index < -0.39 is 0 Å². The molecule has 1 aromatic carbocycles. The van der Waals surface area contributed by atoms with Gasteiger partial charge in [0, 0.05) is 54.6 Å². The van der Waals surface area contributed by atoms with Gasteiger partial charge in [-0.1, -0.05) is 18.7 Å². The van der Waals surface area contributed by atoms with Crippen molar-refractivity contribution in [3.63, 3.8) is 0 Å². The smallest absolute Gasteiger partial charge is 0.276 e. The third kappa shape index (κ3) is 6.74. The number of H-pyrrole nitrogens is 1. The molecule has 0 unspecified atom stereocenters. The molecule has 2 heterocycles. The number of amides is 2. The average molecular weight is 514 g/mol. The molecule has 3 N–H and O–H groups in total. The van der Waals surface area contributed by atoms with Crippen molar-refractivity contribution < 1.29 is 9.59 Å². The van der Waals surface area contributed by atoms with Crippen molar-refractivity contribution in [2.24, 2.45) is 5.92 Å². The third-order valence-corrected chi connectivity index (χ3v) is 6.46. The van der Waals surface area contributed by atoms with Crippen LogP contribution in [-0.2, 0) is 4.79 Å². The summed E-state index contributed by atoms with van der Waals surface area (Å²) >= 11 is 0. The molecule has 0 aliphatic heterocycles. The van der Waals surface area contributed by atoms with Gasteiger partial charge in [-0.25, -0.2) is 0 Å². The van der Waals surface area contributed by atoms with E-state index in [1.807, 2.05) is 70.6 Å². The number of carbonyl (C=O) groups excluding carboxylic acids is 2. The van der Waals surface area contributed by atoms with Crippen LogP contribution in [0.4, 0.5) is 5.69 Å². The Morgan fingerprint density at radius 1 is 1.11 bits per heavy atom. The number of allylic oxidation sites excluding steroid dienone is 3. The zero-order chi connectivity index (χ0) is 27.2. The Bertz CT molecular complexity index is 1400. The molecule has 3 aromatic rings. The lowest BCUT2D eigenvalue weighted by Crippen LogP contribution is -2.27. The molecule has 198 valence electrons. The molecule has 2 amide bonds. The Balaban J connectivity index is 1.48. The van der Waals surface area contributed by atoms with E-state index in [-0.39, 0.29) is 17.7 Å². The van der Waals surface area contributed by atoms with Crippen LogP contribution >= 0.6 is 0 Å². The van der Waals surface area contributed by atoms with Crippen LogP contribution in [0.15, 0.2) is 72.9 Å². The minimum absolute atomic E-state index is 0.0332. The van der Waals surface area contributed by atoms with E-state index in [1.165, 1.54) is 0 Å². The molecule has 1 fully saturated rings. The minimum atomic E-state index is -0.318. The molecule has 0 spiro atoms. The lowest BCUT2D eigenvalue weighted by Gasteiger charge is -2.21. The summed E-state index contributed by atoms with van der Waals surface area (Å²) in [6.45, 7) is 7.74. The summed E-state index contributed by atoms with van der Waals surface area (Å²) in [4.78, 5) is 33.8. The fraction of sp³-hybridized carbons (Fsp3) is 0.310. The standard InChI is InChI=1S/C29H35N7O2/c1-6-23(11-7-19(2)36(5)14-13-35(3)4)31-29(38)27-25-16-21(10-12-26(25)33-34-27)22-15-24(18-30-17-22)32-28(37)20-8-9-20/h6-7,10-12,15-18,20H,2,8-9,13-14H2,1,3-5H3,(H,31,38)(H,32,37)(H,33,34)/b11-7-,23-6+. The Hall–Kier alpha value is -4.24.